The van der Waals surface area contributed by atoms with Gasteiger partial charge in [0, 0.05) is 59.6 Å². The fourth-order valence-corrected chi connectivity index (χ4v) is 3.93. The second kappa shape index (κ2) is 8.99. The summed E-state index contributed by atoms with van der Waals surface area (Å²) >= 11 is 0. The average Bonchev–Trinajstić information content (AvgIpc) is 3.20. The van der Waals surface area contributed by atoms with Crippen molar-refractivity contribution in [2.24, 2.45) is 4.99 Å². The van der Waals surface area contributed by atoms with Crippen molar-refractivity contribution in [1.29, 1.82) is 0 Å². The minimum Gasteiger partial charge on any atom is -0.355 e. The fourth-order valence-electron chi connectivity index (χ4n) is 3.03. The maximum absolute atomic E-state index is 12.1. The molecule has 2 N–H and O–H groups in total. The zero-order valence-electron chi connectivity index (χ0n) is 15.1. The van der Waals surface area contributed by atoms with Crippen LogP contribution in [0, 0.1) is 0 Å². The molecule has 3 atom stereocenters. The summed E-state index contributed by atoms with van der Waals surface area (Å²) in [4.78, 5) is 6.92. The molecule has 0 aromatic carbocycles. The Bertz CT molecular complexity index is 434. The number of rotatable bonds is 5. The number of halogens is 1. The molecule has 0 aromatic rings. The number of nitrogens with zero attached hydrogens (tertiary/aromatic N) is 2. The van der Waals surface area contributed by atoms with E-state index >= 15 is 0 Å². The first-order valence-corrected chi connectivity index (χ1v) is 9.74. The van der Waals surface area contributed by atoms with Gasteiger partial charge in [0.2, 0.25) is 0 Å². The molecule has 1 aliphatic carbocycles. The van der Waals surface area contributed by atoms with Crippen LogP contribution in [0.4, 0.5) is 0 Å². The Labute approximate surface area is 160 Å². The van der Waals surface area contributed by atoms with Gasteiger partial charge in [-0.1, -0.05) is 0 Å². The highest BCUT2D eigenvalue weighted by molar-refractivity contribution is 14.0. The molecule has 1 heterocycles. The van der Waals surface area contributed by atoms with Crippen LogP contribution < -0.4 is 10.6 Å². The first-order chi connectivity index (χ1) is 10.3. The van der Waals surface area contributed by atoms with Crippen molar-refractivity contribution in [1.82, 2.24) is 15.5 Å². The Morgan fingerprint density at radius 1 is 1.35 bits per heavy atom. The summed E-state index contributed by atoms with van der Waals surface area (Å²) in [5, 5.41) is 6.82. The summed E-state index contributed by atoms with van der Waals surface area (Å²) in [7, 11) is 0.976. The SMILES string of the molecule is CN=C(NCCS(=O)C(C)(C)C)NC1CC(C)N(C2CC2)C1.I. The molecule has 5 nitrogen and oxygen atoms in total. The smallest absolute Gasteiger partial charge is 0.191 e. The van der Waals surface area contributed by atoms with Gasteiger partial charge in [-0.15, -0.1) is 24.0 Å². The molecular weight excluding hydrogens is 423 g/mol. The maximum atomic E-state index is 12.1. The molecule has 0 amide bonds. The first-order valence-electron chi connectivity index (χ1n) is 8.42. The molecule has 3 unspecified atom stereocenters. The van der Waals surface area contributed by atoms with E-state index in [9.17, 15) is 4.21 Å². The molecule has 2 fully saturated rings. The molecule has 0 radical (unpaired) electrons. The predicted molar refractivity (Wildman–Crippen MR) is 110 cm³/mol. The highest BCUT2D eigenvalue weighted by Gasteiger charge is 2.38. The van der Waals surface area contributed by atoms with Crippen LogP contribution in [0.2, 0.25) is 0 Å². The van der Waals surface area contributed by atoms with E-state index in [1.807, 2.05) is 20.8 Å². The lowest BCUT2D eigenvalue weighted by molar-refractivity contribution is 0.256. The van der Waals surface area contributed by atoms with Crippen LogP contribution in [-0.2, 0) is 10.8 Å². The van der Waals surface area contributed by atoms with Gasteiger partial charge in [-0.3, -0.25) is 14.1 Å². The Morgan fingerprint density at radius 3 is 2.52 bits per heavy atom. The summed E-state index contributed by atoms with van der Waals surface area (Å²) < 4.78 is 11.9. The molecule has 23 heavy (non-hydrogen) atoms. The number of nitrogens with one attached hydrogen (secondary N) is 2. The van der Waals surface area contributed by atoms with Crippen LogP contribution >= 0.6 is 24.0 Å². The number of guanidine groups is 1. The van der Waals surface area contributed by atoms with Crippen LogP contribution in [0.3, 0.4) is 0 Å². The largest absolute Gasteiger partial charge is 0.355 e. The Hall–Kier alpha value is 0.110. The summed E-state index contributed by atoms with van der Waals surface area (Å²) in [6, 6.07) is 1.96. The van der Waals surface area contributed by atoms with Gasteiger partial charge >= 0.3 is 0 Å². The Morgan fingerprint density at radius 2 is 2.00 bits per heavy atom. The average molecular weight is 456 g/mol. The normalized spacial score (nSPS) is 27.4. The van der Waals surface area contributed by atoms with Gasteiger partial charge < -0.3 is 10.6 Å². The minimum absolute atomic E-state index is 0. The summed E-state index contributed by atoms with van der Waals surface area (Å²) in [5.74, 6) is 1.49. The quantitative estimate of drug-likeness (QED) is 0.377. The van der Waals surface area contributed by atoms with Crippen molar-refractivity contribution in [2.75, 3.05) is 25.9 Å². The van der Waals surface area contributed by atoms with E-state index in [1.54, 1.807) is 7.05 Å². The topological polar surface area (TPSA) is 56.7 Å². The van der Waals surface area contributed by atoms with Crippen LogP contribution in [-0.4, -0.2) is 63.8 Å². The lowest BCUT2D eigenvalue weighted by atomic mass is 10.2. The maximum Gasteiger partial charge on any atom is 0.191 e. The van der Waals surface area contributed by atoms with Gasteiger partial charge in [0.1, 0.15) is 0 Å². The van der Waals surface area contributed by atoms with E-state index in [0.717, 1.165) is 18.5 Å². The predicted octanol–water partition coefficient (Wildman–Crippen LogP) is 1.94. The number of likely N-dealkylation sites (tertiary alicyclic amines) is 1. The van der Waals surface area contributed by atoms with Crippen LogP contribution in [0.15, 0.2) is 4.99 Å². The summed E-state index contributed by atoms with van der Waals surface area (Å²) in [6.45, 7) is 10.2. The lowest BCUT2D eigenvalue weighted by Gasteiger charge is -2.21. The number of hydrogen-bond donors (Lipinski definition) is 2. The zero-order valence-corrected chi connectivity index (χ0v) is 18.2. The highest BCUT2D eigenvalue weighted by Crippen LogP contribution is 2.33. The van der Waals surface area contributed by atoms with E-state index < -0.39 is 10.8 Å². The summed E-state index contributed by atoms with van der Waals surface area (Å²) in [5.41, 5.74) is 0. The van der Waals surface area contributed by atoms with Crippen LogP contribution in [0.5, 0.6) is 0 Å². The van der Waals surface area contributed by atoms with Gasteiger partial charge in [-0.25, -0.2) is 0 Å². The highest BCUT2D eigenvalue weighted by atomic mass is 127. The van der Waals surface area contributed by atoms with Crippen molar-refractivity contribution in [2.45, 2.75) is 69.8 Å². The number of aliphatic imine (C=N–C) groups is 1. The van der Waals surface area contributed by atoms with E-state index in [-0.39, 0.29) is 28.7 Å². The molecule has 0 bridgehead atoms. The third-order valence-corrected chi connectivity index (χ3v) is 6.41. The molecule has 7 heteroatoms. The standard InChI is InChI=1S/C16H32N4OS.HI/c1-12-10-13(11-20(12)14-6-7-14)19-15(17-5)18-8-9-22(21)16(2,3)4;/h12-14H,6-11H2,1-5H3,(H2,17,18,19);1H. The molecule has 0 spiro atoms. The second-order valence-electron chi connectivity index (χ2n) is 7.51. The fraction of sp³-hybridized carbons (Fsp3) is 0.938. The second-order valence-corrected chi connectivity index (χ2v) is 9.84. The van der Waals surface area contributed by atoms with Gasteiger partial charge in [-0.2, -0.15) is 0 Å². The molecule has 1 aliphatic heterocycles. The number of hydrogen-bond acceptors (Lipinski definition) is 3. The van der Waals surface area contributed by atoms with Crippen molar-refractivity contribution in [3.05, 3.63) is 0 Å². The van der Waals surface area contributed by atoms with E-state index in [1.165, 1.54) is 19.3 Å². The third-order valence-electron chi connectivity index (χ3n) is 4.47. The minimum atomic E-state index is -0.823. The van der Waals surface area contributed by atoms with E-state index in [0.29, 0.717) is 24.4 Å². The molecule has 1 saturated heterocycles. The van der Waals surface area contributed by atoms with Crippen molar-refractivity contribution in [3.63, 3.8) is 0 Å². The Balaban J connectivity index is 0.00000264. The van der Waals surface area contributed by atoms with Crippen molar-refractivity contribution < 1.29 is 4.21 Å². The molecule has 136 valence electrons. The monoisotopic (exact) mass is 456 g/mol. The van der Waals surface area contributed by atoms with Gasteiger partial charge in [0.05, 0.1) is 0 Å². The lowest BCUT2D eigenvalue weighted by Crippen LogP contribution is -2.46. The molecule has 2 rings (SSSR count). The first kappa shape index (κ1) is 21.2. The third kappa shape index (κ3) is 6.49. The summed E-state index contributed by atoms with van der Waals surface area (Å²) in [6.07, 6.45) is 3.90. The molecular formula is C16H33IN4OS. The Kier molecular flexibility index (Phi) is 8.27. The molecule has 0 aromatic heterocycles. The van der Waals surface area contributed by atoms with Gasteiger partial charge in [0.25, 0.3) is 0 Å². The van der Waals surface area contributed by atoms with Gasteiger partial charge in [-0.05, 0) is 47.0 Å². The molecule has 2 aliphatic rings. The molecule has 1 saturated carbocycles. The van der Waals surface area contributed by atoms with Crippen molar-refractivity contribution >= 4 is 40.7 Å². The van der Waals surface area contributed by atoms with Crippen LogP contribution in [0.1, 0.15) is 47.0 Å². The van der Waals surface area contributed by atoms with Gasteiger partial charge in [0.15, 0.2) is 5.96 Å². The van der Waals surface area contributed by atoms with Crippen molar-refractivity contribution in [3.8, 4) is 0 Å². The van der Waals surface area contributed by atoms with E-state index in [4.69, 9.17) is 0 Å². The zero-order chi connectivity index (χ0) is 16.3. The van der Waals surface area contributed by atoms with E-state index in [2.05, 4.69) is 27.4 Å². The van der Waals surface area contributed by atoms with Crippen LogP contribution in [0.25, 0.3) is 0 Å².